The maximum Gasteiger partial charge on any atom is 0.573 e. The van der Waals surface area contributed by atoms with Crippen molar-refractivity contribution < 1.29 is 36.6 Å². The molecule has 0 spiro atoms. The van der Waals surface area contributed by atoms with Gasteiger partial charge in [0.25, 0.3) is 17.8 Å². The Morgan fingerprint density at radius 1 is 1.11 bits per heavy atom. The SMILES string of the molecule is C[C@H]1CN(c2cc(OC(F)(F)F)c(-n3cc(C(=O)NC4CCOCC4)nn3)cc2NC(=O)c2nnc(F)c(N)c2Cl)CCN1C. The summed E-state index contributed by atoms with van der Waals surface area (Å²) in [5, 5.41) is 19.3. The van der Waals surface area contributed by atoms with Crippen molar-refractivity contribution >= 4 is 40.5 Å². The summed E-state index contributed by atoms with van der Waals surface area (Å²) in [6.45, 7) is 4.22. The van der Waals surface area contributed by atoms with E-state index in [1.165, 1.54) is 6.07 Å². The van der Waals surface area contributed by atoms with Crippen LogP contribution in [-0.2, 0) is 4.74 Å². The molecule has 2 amide bonds. The fourth-order valence-corrected chi connectivity index (χ4v) is 5.10. The van der Waals surface area contributed by atoms with E-state index in [4.69, 9.17) is 22.1 Å². The third-order valence-electron chi connectivity index (χ3n) is 7.50. The van der Waals surface area contributed by atoms with E-state index in [9.17, 15) is 27.2 Å². The molecule has 19 heteroatoms. The topological polar surface area (TPSA) is 166 Å². The number of ether oxygens (including phenoxy) is 2. The number of aromatic nitrogens is 5. The van der Waals surface area contributed by atoms with Gasteiger partial charge in [-0.25, -0.2) is 4.68 Å². The van der Waals surface area contributed by atoms with Crippen molar-refractivity contribution in [3.05, 3.63) is 40.7 Å². The standard InChI is InChI=1S/C26H29ClF4N10O4/c1-13-11-40(6-5-39(13)2)17-10-19(45-26(29,30)31)18(9-15(17)34-25(43)22-20(27)21(32)23(28)37-36-22)41-12-16(35-38-41)24(42)33-14-3-7-44-8-4-14/h9-10,12-14H,3-8,11H2,1-2H3,(H2,32,36)(H,33,42)(H,34,43)/t13-/m0/s1. The molecule has 14 nitrogen and oxygen atoms in total. The predicted octanol–water partition coefficient (Wildman–Crippen LogP) is 2.63. The average molecular weight is 657 g/mol. The van der Waals surface area contributed by atoms with Crippen LogP contribution in [0.2, 0.25) is 5.02 Å². The zero-order valence-corrected chi connectivity index (χ0v) is 24.8. The zero-order valence-electron chi connectivity index (χ0n) is 24.1. The number of carbonyl (C=O) groups is 2. The molecule has 0 radical (unpaired) electrons. The number of hydrogen-bond acceptors (Lipinski definition) is 11. The number of nitrogens with zero attached hydrogens (tertiary/aromatic N) is 7. The minimum absolute atomic E-state index is 0.00159. The second-order valence-corrected chi connectivity index (χ2v) is 11.0. The van der Waals surface area contributed by atoms with Gasteiger partial charge in [-0.15, -0.1) is 28.5 Å². The number of rotatable bonds is 7. The number of nitrogens with one attached hydrogen (secondary N) is 2. The van der Waals surface area contributed by atoms with Crippen molar-refractivity contribution in [2.24, 2.45) is 0 Å². The van der Waals surface area contributed by atoms with Crippen LogP contribution >= 0.6 is 11.6 Å². The minimum atomic E-state index is -5.11. The molecule has 1 atom stereocenters. The first-order chi connectivity index (χ1) is 21.3. The van der Waals surface area contributed by atoms with Gasteiger partial charge in [-0.1, -0.05) is 16.8 Å². The van der Waals surface area contributed by atoms with Gasteiger partial charge in [0.2, 0.25) is 0 Å². The van der Waals surface area contributed by atoms with E-state index in [2.05, 4.69) is 40.8 Å². The molecule has 5 rings (SSSR count). The summed E-state index contributed by atoms with van der Waals surface area (Å²) in [5.41, 5.74) is 4.16. The van der Waals surface area contributed by atoms with E-state index in [1.54, 1.807) is 4.90 Å². The molecule has 3 aromatic rings. The highest BCUT2D eigenvalue weighted by Gasteiger charge is 2.35. The Labute approximate surface area is 258 Å². The number of carbonyl (C=O) groups excluding carboxylic acids is 2. The Balaban J connectivity index is 1.56. The summed E-state index contributed by atoms with van der Waals surface area (Å²) in [6, 6.07) is 2.12. The number of nitrogens with two attached hydrogens (primary N) is 1. The van der Waals surface area contributed by atoms with E-state index in [1.807, 2.05) is 14.0 Å². The average Bonchev–Trinajstić information content (AvgIpc) is 3.48. The lowest BCUT2D eigenvalue weighted by Crippen LogP contribution is -2.50. The largest absolute Gasteiger partial charge is 0.573 e. The Kier molecular flexibility index (Phi) is 9.26. The van der Waals surface area contributed by atoms with E-state index < -0.39 is 46.3 Å². The molecular formula is C26H29ClF4N10O4. The Morgan fingerprint density at radius 3 is 2.53 bits per heavy atom. The number of nitrogen functional groups attached to an aromatic ring is 1. The van der Waals surface area contributed by atoms with Crippen molar-refractivity contribution in [3.63, 3.8) is 0 Å². The zero-order chi connectivity index (χ0) is 32.5. The first-order valence-corrected chi connectivity index (χ1v) is 14.2. The number of hydrogen-bond donors (Lipinski definition) is 3. The highest BCUT2D eigenvalue weighted by Crippen LogP contribution is 2.39. The Hall–Kier alpha value is -4.29. The van der Waals surface area contributed by atoms with Crippen LogP contribution in [0.1, 0.15) is 40.7 Å². The summed E-state index contributed by atoms with van der Waals surface area (Å²) in [5.74, 6) is -3.40. The van der Waals surface area contributed by atoms with E-state index in [-0.39, 0.29) is 34.8 Å². The maximum atomic E-state index is 13.8. The Morgan fingerprint density at radius 2 is 1.84 bits per heavy atom. The van der Waals surface area contributed by atoms with Gasteiger partial charge in [0, 0.05) is 51.0 Å². The summed E-state index contributed by atoms with van der Waals surface area (Å²) < 4.78 is 65.3. The minimum Gasteiger partial charge on any atom is -0.403 e. The molecule has 2 fully saturated rings. The number of piperazine rings is 1. The van der Waals surface area contributed by atoms with Gasteiger partial charge in [-0.2, -0.15) is 4.39 Å². The highest BCUT2D eigenvalue weighted by atomic mass is 35.5. The summed E-state index contributed by atoms with van der Waals surface area (Å²) in [4.78, 5) is 30.0. The molecule has 4 heterocycles. The van der Waals surface area contributed by atoms with E-state index >= 15 is 0 Å². The van der Waals surface area contributed by atoms with Crippen LogP contribution in [0, 0.1) is 5.95 Å². The second kappa shape index (κ2) is 13.0. The molecule has 1 aromatic carbocycles. The van der Waals surface area contributed by atoms with Gasteiger partial charge >= 0.3 is 6.36 Å². The lowest BCUT2D eigenvalue weighted by Gasteiger charge is -2.40. The fraction of sp³-hybridized carbons (Fsp3) is 0.462. The number of likely N-dealkylation sites (N-methyl/N-ethyl adjacent to an activating group) is 1. The van der Waals surface area contributed by atoms with Gasteiger partial charge in [0.15, 0.2) is 17.1 Å². The molecule has 2 aliphatic rings. The summed E-state index contributed by atoms with van der Waals surface area (Å²) in [6.07, 6.45) is -2.79. The van der Waals surface area contributed by atoms with Crippen LogP contribution in [0.5, 0.6) is 5.75 Å². The summed E-state index contributed by atoms with van der Waals surface area (Å²) in [7, 11) is 1.91. The van der Waals surface area contributed by atoms with Crippen molar-refractivity contribution in [2.45, 2.75) is 38.2 Å². The van der Waals surface area contributed by atoms with Crippen molar-refractivity contribution in [1.82, 2.24) is 35.4 Å². The molecule has 0 aliphatic carbocycles. The van der Waals surface area contributed by atoms with Crippen molar-refractivity contribution in [3.8, 4) is 11.4 Å². The third kappa shape index (κ3) is 7.34. The fourth-order valence-electron chi connectivity index (χ4n) is 4.90. The van der Waals surface area contributed by atoms with Crippen LogP contribution in [0.4, 0.5) is 34.6 Å². The molecule has 2 aromatic heterocycles. The van der Waals surface area contributed by atoms with Crippen LogP contribution in [0.15, 0.2) is 18.3 Å². The second-order valence-electron chi connectivity index (χ2n) is 10.6. The van der Waals surface area contributed by atoms with Crippen molar-refractivity contribution in [1.29, 1.82) is 0 Å². The molecule has 4 N–H and O–H groups in total. The number of alkyl halides is 3. The van der Waals surface area contributed by atoms with Crippen LogP contribution < -0.4 is 26.0 Å². The smallest absolute Gasteiger partial charge is 0.403 e. The predicted molar refractivity (Wildman–Crippen MR) is 153 cm³/mol. The quantitative estimate of drug-likeness (QED) is 0.320. The molecule has 45 heavy (non-hydrogen) atoms. The van der Waals surface area contributed by atoms with Gasteiger partial charge in [0.1, 0.15) is 16.4 Å². The van der Waals surface area contributed by atoms with E-state index in [0.717, 1.165) is 16.9 Å². The number of anilines is 3. The molecule has 0 saturated carbocycles. The molecule has 2 saturated heterocycles. The van der Waals surface area contributed by atoms with Crippen LogP contribution in [-0.4, -0.2) is 100 Å². The molecule has 242 valence electrons. The van der Waals surface area contributed by atoms with Gasteiger partial charge in [-0.05, 0) is 32.9 Å². The lowest BCUT2D eigenvalue weighted by molar-refractivity contribution is -0.274. The molecule has 2 aliphatic heterocycles. The van der Waals surface area contributed by atoms with Crippen LogP contribution in [0.25, 0.3) is 5.69 Å². The van der Waals surface area contributed by atoms with Crippen LogP contribution in [0.3, 0.4) is 0 Å². The Bertz CT molecular complexity index is 1580. The number of amides is 2. The number of halogens is 5. The monoisotopic (exact) mass is 656 g/mol. The van der Waals surface area contributed by atoms with Crippen molar-refractivity contribution in [2.75, 3.05) is 55.8 Å². The molecule has 0 bridgehead atoms. The first-order valence-electron chi connectivity index (χ1n) is 13.8. The van der Waals surface area contributed by atoms with E-state index in [0.29, 0.717) is 45.7 Å². The molecule has 0 unspecified atom stereocenters. The maximum absolute atomic E-state index is 13.8. The van der Waals surface area contributed by atoms with Gasteiger partial charge < -0.3 is 35.6 Å². The highest BCUT2D eigenvalue weighted by molar-refractivity contribution is 6.36. The normalized spacial score (nSPS) is 18.1. The van der Waals surface area contributed by atoms with Gasteiger partial charge in [-0.3, -0.25) is 9.59 Å². The summed E-state index contributed by atoms with van der Waals surface area (Å²) >= 11 is 6.05. The van der Waals surface area contributed by atoms with Gasteiger partial charge in [0.05, 0.1) is 17.6 Å². The lowest BCUT2D eigenvalue weighted by atomic mass is 10.1. The third-order valence-corrected chi connectivity index (χ3v) is 7.88. The molecular weight excluding hydrogens is 628 g/mol. The first kappa shape index (κ1) is 32.1. The number of benzene rings is 1.